The van der Waals surface area contributed by atoms with E-state index in [1.165, 1.54) is 25.9 Å². The van der Waals surface area contributed by atoms with Crippen LogP contribution in [-0.4, -0.2) is 36.1 Å². The lowest BCUT2D eigenvalue weighted by Crippen LogP contribution is -2.21. The molecule has 0 unspecified atom stereocenters. The van der Waals surface area contributed by atoms with Gasteiger partial charge in [0.05, 0.1) is 24.7 Å². The average molecular weight is 221 g/mol. The normalized spacial score (nSPS) is 16.5. The fraction of sp³-hybridized carbons (Fsp3) is 0.583. The molecule has 0 atom stereocenters. The summed E-state index contributed by atoms with van der Waals surface area (Å²) < 4.78 is 5.58. The van der Waals surface area contributed by atoms with Gasteiger partial charge in [-0.3, -0.25) is 4.98 Å². The molecule has 2 N–H and O–H groups in total. The Balaban J connectivity index is 1.64. The first-order valence-corrected chi connectivity index (χ1v) is 5.90. The molecule has 4 heteroatoms. The molecule has 1 fully saturated rings. The summed E-state index contributed by atoms with van der Waals surface area (Å²) in [5.74, 6) is 0.765. The number of hydrogen-bond acceptors (Lipinski definition) is 4. The van der Waals surface area contributed by atoms with Crippen LogP contribution in [0.1, 0.15) is 19.3 Å². The maximum Gasteiger partial charge on any atom is 0.139 e. The number of pyridine rings is 1. The van der Waals surface area contributed by atoms with Gasteiger partial charge in [0.15, 0.2) is 0 Å². The molecule has 2 rings (SSSR count). The molecule has 0 aliphatic carbocycles. The highest BCUT2D eigenvalue weighted by atomic mass is 16.5. The summed E-state index contributed by atoms with van der Waals surface area (Å²) in [5.41, 5.74) is 6.26. The summed E-state index contributed by atoms with van der Waals surface area (Å²) in [6.07, 6.45) is 7.08. The molecule has 1 aliphatic rings. The van der Waals surface area contributed by atoms with Crippen LogP contribution in [-0.2, 0) is 0 Å². The highest BCUT2D eigenvalue weighted by Crippen LogP contribution is 2.13. The van der Waals surface area contributed by atoms with E-state index in [9.17, 15) is 0 Å². The van der Waals surface area contributed by atoms with Gasteiger partial charge in [0.25, 0.3) is 0 Å². The van der Waals surface area contributed by atoms with Crippen molar-refractivity contribution in [3.05, 3.63) is 18.5 Å². The second-order valence-electron chi connectivity index (χ2n) is 4.20. The highest BCUT2D eigenvalue weighted by molar-refractivity contribution is 5.39. The van der Waals surface area contributed by atoms with Crippen LogP contribution in [0.15, 0.2) is 18.5 Å². The van der Waals surface area contributed by atoms with E-state index >= 15 is 0 Å². The number of nitrogens with zero attached hydrogens (tertiary/aromatic N) is 2. The Bertz CT molecular complexity index is 324. The fourth-order valence-electron chi connectivity index (χ4n) is 2.00. The Labute approximate surface area is 96.4 Å². The largest absolute Gasteiger partial charge is 0.492 e. The van der Waals surface area contributed by atoms with E-state index in [0.717, 1.165) is 25.3 Å². The van der Waals surface area contributed by atoms with Crippen LogP contribution in [0.4, 0.5) is 5.69 Å². The molecule has 2 heterocycles. The van der Waals surface area contributed by atoms with Crippen molar-refractivity contribution in [2.24, 2.45) is 0 Å². The van der Waals surface area contributed by atoms with E-state index < -0.39 is 0 Å². The molecule has 0 radical (unpaired) electrons. The summed E-state index contributed by atoms with van der Waals surface area (Å²) in [6.45, 7) is 4.37. The van der Waals surface area contributed by atoms with Gasteiger partial charge in [0.2, 0.25) is 0 Å². The Morgan fingerprint density at radius 3 is 2.88 bits per heavy atom. The highest BCUT2D eigenvalue weighted by Gasteiger charge is 2.10. The maximum absolute atomic E-state index is 5.61. The summed E-state index contributed by atoms with van der Waals surface area (Å²) in [4.78, 5) is 6.47. The van der Waals surface area contributed by atoms with E-state index in [-0.39, 0.29) is 0 Å². The maximum atomic E-state index is 5.61. The van der Waals surface area contributed by atoms with Crippen LogP contribution in [0.2, 0.25) is 0 Å². The average Bonchev–Trinajstić information content (AvgIpc) is 2.77. The third-order valence-corrected chi connectivity index (χ3v) is 2.82. The van der Waals surface area contributed by atoms with Crippen LogP contribution < -0.4 is 10.5 Å². The van der Waals surface area contributed by atoms with Gasteiger partial charge in [-0.25, -0.2) is 0 Å². The van der Waals surface area contributed by atoms with Crippen molar-refractivity contribution >= 4 is 5.69 Å². The smallest absolute Gasteiger partial charge is 0.139 e. The Kier molecular flexibility index (Phi) is 3.99. The van der Waals surface area contributed by atoms with Crippen molar-refractivity contribution < 1.29 is 4.74 Å². The van der Waals surface area contributed by atoms with E-state index in [0.29, 0.717) is 5.69 Å². The second kappa shape index (κ2) is 5.70. The third kappa shape index (κ3) is 3.38. The van der Waals surface area contributed by atoms with E-state index in [4.69, 9.17) is 10.5 Å². The number of nitrogens with two attached hydrogens (primary N) is 1. The first-order chi connectivity index (χ1) is 7.84. The van der Waals surface area contributed by atoms with Gasteiger partial charge in [-0.2, -0.15) is 0 Å². The van der Waals surface area contributed by atoms with E-state index in [2.05, 4.69) is 9.88 Å². The first kappa shape index (κ1) is 11.2. The minimum absolute atomic E-state index is 0.650. The zero-order chi connectivity index (χ0) is 11.2. The van der Waals surface area contributed by atoms with Crippen molar-refractivity contribution in [2.45, 2.75) is 19.3 Å². The van der Waals surface area contributed by atoms with Crippen LogP contribution in [0, 0.1) is 0 Å². The molecule has 1 saturated heterocycles. The van der Waals surface area contributed by atoms with Crippen molar-refractivity contribution in [3.8, 4) is 5.75 Å². The Hall–Kier alpha value is -1.29. The number of hydrogen-bond donors (Lipinski definition) is 1. The van der Waals surface area contributed by atoms with Crippen molar-refractivity contribution in [1.29, 1.82) is 0 Å². The molecule has 4 nitrogen and oxygen atoms in total. The zero-order valence-electron chi connectivity index (χ0n) is 9.56. The molecule has 0 saturated carbocycles. The Morgan fingerprint density at radius 1 is 1.31 bits per heavy atom. The quantitative estimate of drug-likeness (QED) is 0.766. The minimum Gasteiger partial charge on any atom is -0.492 e. The number of anilines is 1. The monoisotopic (exact) mass is 221 g/mol. The molecule has 1 aromatic heterocycles. The molecule has 0 aromatic carbocycles. The predicted molar refractivity (Wildman–Crippen MR) is 64.4 cm³/mol. The standard InChI is InChI=1S/C12H19N3O/c13-11-8-12(10-14-9-11)16-7-3-6-15-4-1-2-5-15/h8-10H,1-7,13H2. The predicted octanol–water partition coefficient (Wildman–Crippen LogP) is 1.53. The lowest BCUT2D eigenvalue weighted by Gasteiger charge is -2.14. The fourth-order valence-corrected chi connectivity index (χ4v) is 2.00. The van der Waals surface area contributed by atoms with Crippen molar-refractivity contribution in [1.82, 2.24) is 9.88 Å². The number of rotatable bonds is 5. The number of likely N-dealkylation sites (tertiary alicyclic amines) is 1. The van der Waals surface area contributed by atoms with E-state index in [1.54, 1.807) is 12.4 Å². The summed E-state index contributed by atoms with van der Waals surface area (Å²) in [5, 5.41) is 0. The SMILES string of the molecule is Nc1cncc(OCCCN2CCCC2)c1. The van der Waals surface area contributed by atoms with Gasteiger partial charge >= 0.3 is 0 Å². The number of nitrogen functional groups attached to an aromatic ring is 1. The van der Waals surface area contributed by atoms with Gasteiger partial charge in [0.1, 0.15) is 5.75 Å². The van der Waals surface area contributed by atoms with Gasteiger partial charge in [0, 0.05) is 12.6 Å². The van der Waals surface area contributed by atoms with Crippen LogP contribution >= 0.6 is 0 Å². The lowest BCUT2D eigenvalue weighted by atomic mass is 10.4. The number of ether oxygens (including phenoxy) is 1. The zero-order valence-corrected chi connectivity index (χ0v) is 9.56. The summed E-state index contributed by atoms with van der Waals surface area (Å²) >= 11 is 0. The molecule has 0 spiro atoms. The summed E-state index contributed by atoms with van der Waals surface area (Å²) in [6, 6.07) is 1.81. The van der Waals surface area contributed by atoms with Gasteiger partial charge in [-0.1, -0.05) is 0 Å². The first-order valence-electron chi connectivity index (χ1n) is 5.90. The molecule has 1 aromatic rings. The van der Waals surface area contributed by atoms with Gasteiger partial charge < -0.3 is 15.4 Å². The van der Waals surface area contributed by atoms with Crippen molar-refractivity contribution in [3.63, 3.8) is 0 Å². The number of aromatic nitrogens is 1. The van der Waals surface area contributed by atoms with Gasteiger partial charge in [-0.05, 0) is 32.4 Å². The molecular formula is C12H19N3O. The minimum atomic E-state index is 0.650. The molecule has 88 valence electrons. The second-order valence-corrected chi connectivity index (χ2v) is 4.20. The third-order valence-electron chi connectivity index (χ3n) is 2.82. The lowest BCUT2D eigenvalue weighted by molar-refractivity contribution is 0.263. The molecule has 16 heavy (non-hydrogen) atoms. The topological polar surface area (TPSA) is 51.4 Å². The van der Waals surface area contributed by atoms with Crippen molar-refractivity contribution in [2.75, 3.05) is 32.0 Å². The van der Waals surface area contributed by atoms with E-state index in [1.807, 2.05) is 6.07 Å². The molecule has 0 bridgehead atoms. The summed E-state index contributed by atoms with van der Waals surface area (Å²) in [7, 11) is 0. The van der Waals surface area contributed by atoms with Crippen LogP contribution in [0.25, 0.3) is 0 Å². The van der Waals surface area contributed by atoms with Crippen LogP contribution in [0.3, 0.4) is 0 Å². The van der Waals surface area contributed by atoms with Crippen LogP contribution in [0.5, 0.6) is 5.75 Å². The Morgan fingerprint density at radius 2 is 2.12 bits per heavy atom. The van der Waals surface area contributed by atoms with Gasteiger partial charge in [-0.15, -0.1) is 0 Å². The molecule has 1 aliphatic heterocycles. The molecular weight excluding hydrogens is 202 g/mol. The molecule has 0 amide bonds.